The van der Waals surface area contributed by atoms with E-state index in [1.807, 2.05) is 0 Å². The van der Waals surface area contributed by atoms with Crippen LogP contribution in [0.1, 0.15) is 31.1 Å². The highest BCUT2D eigenvalue weighted by Crippen LogP contribution is 2.35. The van der Waals surface area contributed by atoms with Crippen molar-refractivity contribution < 1.29 is 22.4 Å². The molecule has 0 radical (unpaired) electrons. The summed E-state index contributed by atoms with van der Waals surface area (Å²) >= 11 is 0. The summed E-state index contributed by atoms with van der Waals surface area (Å²) in [5.74, 6) is 0.929. The second-order valence-corrected chi connectivity index (χ2v) is 8.64. The molecule has 0 aliphatic heterocycles. The van der Waals surface area contributed by atoms with Crippen LogP contribution in [-0.4, -0.2) is 21.4 Å². The van der Waals surface area contributed by atoms with E-state index in [2.05, 4.69) is 0 Å². The van der Waals surface area contributed by atoms with Crippen LogP contribution >= 0.6 is 0 Å². The molecule has 28 heavy (non-hydrogen) atoms. The molecule has 0 fully saturated rings. The molecule has 1 aromatic heterocycles. The van der Waals surface area contributed by atoms with Crippen LogP contribution in [0.5, 0.6) is 5.75 Å². The molecule has 0 bridgehead atoms. The standard InChI is InChI=1S/C21H21NO5S/c1-14(23)22(28(24,25)17-10-8-16(26-2)9-11-17)15-7-12-21-19(13-15)18-5-3-4-6-20(18)27-21/h7-13H,3-6H2,1-2H3. The van der Waals surface area contributed by atoms with E-state index in [0.29, 0.717) is 11.4 Å². The number of methoxy groups -OCH3 is 1. The summed E-state index contributed by atoms with van der Waals surface area (Å²) in [5, 5.41) is 0.878. The number of furan rings is 1. The average molecular weight is 399 g/mol. The second-order valence-electron chi connectivity index (χ2n) is 6.86. The monoisotopic (exact) mass is 399 g/mol. The topological polar surface area (TPSA) is 76.8 Å². The zero-order valence-corrected chi connectivity index (χ0v) is 16.6. The minimum absolute atomic E-state index is 0.0258. The maximum atomic E-state index is 13.2. The molecule has 0 saturated carbocycles. The van der Waals surface area contributed by atoms with E-state index in [1.54, 1.807) is 30.3 Å². The highest BCUT2D eigenvalue weighted by molar-refractivity contribution is 7.93. The molecule has 3 aromatic rings. The Morgan fingerprint density at radius 2 is 1.79 bits per heavy atom. The highest BCUT2D eigenvalue weighted by atomic mass is 32.2. The lowest BCUT2D eigenvalue weighted by Crippen LogP contribution is -2.35. The number of anilines is 1. The number of hydrogen-bond donors (Lipinski definition) is 0. The Kier molecular flexibility index (Phi) is 4.63. The van der Waals surface area contributed by atoms with Crippen LogP contribution in [0.15, 0.2) is 51.8 Å². The first-order chi connectivity index (χ1) is 13.4. The van der Waals surface area contributed by atoms with Gasteiger partial charge in [0, 0.05) is 24.3 Å². The molecule has 1 aliphatic carbocycles. The molecule has 0 spiro atoms. The molecule has 1 amide bonds. The fourth-order valence-corrected chi connectivity index (χ4v) is 5.14. The smallest absolute Gasteiger partial charge is 0.270 e. The SMILES string of the molecule is COc1ccc(S(=O)(=O)N(C(C)=O)c2ccc3oc4c(c3c2)CCCC4)cc1. The number of benzene rings is 2. The number of hydrogen-bond acceptors (Lipinski definition) is 5. The number of carbonyl (C=O) groups is 1. The van der Waals surface area contributed by atoms with E-state index >= 15 is 0 Å². The maximum Gasteiger partial charge on any atom is 0.270 e. The number of amides is 1. The third-order valence-corrected chi connectivity index (χ3v) is 6.87. The summed E-state index contributed by atoms with van der Waals surface area (Å²) in [7, 11) is -2.55. The molecular weight excluding hydrogens is 378 g/mol. The van der Waals surface area contributed by atoms with Crippen molar-refractivity contribution in [3.8, 4) is 5.75 Å². The van der Waals surface area contributed by atoms with Crippen LogP contribution in [0.4, 0.5) is 5.69 Å². The molecule has 1 aliphatic rings. The van der Waals surface area contributed by atoms with Gasteiger partial charge in [-0.25, -0.2) is 12.7 Å². The van der Waals surface area contributed by atoms with Crippen molar-refractivity contribution in [1.29, 1.82) is 0 Å². The number of carbonyl (C=O) groups excluding carboxylic acids is 1. The van der Waals surface area contributed by atoms with E-state index in [9.17, 15) is 13.2 Å². The molecule has 146 valence electrons. The van der Waals surface area contributed by atoms with Crippen LogP contribution in [0.3, 0.4) is 0 Å². The molecular formula is C21H21NO5S. The Balaban J connectivity index is 1.82. The molecule has 0 atom stereocenters. The molecule has 0 saturated heterocycles. The zero-order chi connectivity index (χ0) is 19.9. The molecule has 0 N–H and O–H groups in total. The predicted octanol–water partition coefficient (Wildman–Crippen LogP) is 4.06. The lowest BCUT2D eigenvalue weighted by Gasteiger charge is -2.21. The van der Waals surface area contributed by atoms with Crippen molar-refractivity contribution in [2.75, 3.05) is 11.4 Å². The van der Waals surface area contributed by atoms with Crippen molar-refractivity contribution in [2.45, 2.75) is 37.5 Å². The summed E-state index contributed by atoms with van der Waals surface area (Å²) in [6, 6.07) is 11.1. The third kappa shape index (κ3) is 3.05. The third-order valence-electron chi connectivity index (χ3n) is 5.06. The lowest BCUT2D eigenvalue weighted by molar-refractivity contribution is -0.115. The highest BCUT2D eigenvalue weighted by Gasteiger charge is 2.29. The molecule has 4 rings (SSSR count). The zero-order valence-electron chi connectivity index (χ0n) is 15.8. The maximum absolute atomic E-state index is 13.2. The summed E-state index contributed by atoms with van der Waals surface area (Å²) < 4.78 is 38.2. The van der Waals surface area contributed by atoms with Gasteiger partial charge in [-0.3, -0.25) is 4.79 Å². The largest absolute Gasteiger partial charge is 0.497 e. The summed E-state index contributed by atoms with van der Waals surface area (Å²) in [6.07, 6.45) is 3.95. The summed E-state index contributed by atoms with van der Waals surface area (Å²) in [6.45, 7) is 1.25. The Morgan fingerprint density at radius 1 is 1.07 bits per heavy atom. The van der Waals surface area contributed by atoms with Gasteiger partial charge in [0.2, 0.25) is 5.91 Å². The van der Waals surface area contributed by atoms with Crippen molar-refractivity contribution in [1.82, 2.24) is 0 Å². The Morgan fingerprint density at radius 3 is 2.46 bits per heavy atom. The van der Waals surface area contributed by atoms with Gasteiger partial charge in [0.1, 0.15) is 17.1 Å². The van der Waals surface area contributed by atoms with Crippen molar-refractivity contribution >= 4 is 32.6 Å². The Hall–Kier alpha value is -2.80. The van der Waals surface area contributed by atoms with E-state index in [0.717, 1.165) is 52.3 Å². The number of fused-ring (bicyclic) bond motifs is 3. The number of aryl methyl sites for hydroxylation is 2. The van der Waals surface area contributed by atoms with Gasteiger partial charge >= 0.3 is 0 Å². The first-order valence-electron chi connectivity index (χ1n) is 9.16. The molecule has 2 aromatic carbocycles. The van der Waals surface area contributed by atoms with Crippen molar-refractivity contribution in [3.63, 3.8) is 0 Å². The van der Waals surface area contributed by atoms with Crippen LogP contribution in [0.25, 0.3) is 11.0 Å². The van der Waals surface area contributed by atoms with Crippen LogP contribution < -0.4 is 9.04 Å². The molecule has 7 heteroatoms. The first kappa shape index (κ1) is 18.6. The molecule has 1 heterocycles. The van der Waals surface area contributed by atoms with Crippen LogP contribution in [0.2, 0.25) is 0 Å². The van der Waals surface area contributed by atoms with E-state index < -0.39 is 15.9 Å². The number of rotatable bonds is 4. The van der Waals surface area contributed by atoms with Crippen molar-refractivity contribution in [2.24, 2.45) is 0 Å². The Labute approximate surface area is 163 Å². The fraction of sp³-hybridized carbons (Fsp3) is 0.286. The predicted molar refractivity (Wildman–Crippen MR) is 106 cm³/mol. The van der Waals surface area contributed by atoms with Gasteiger partial charge in [-0.15, -0.1) is 0 Å². The van der Waals surface area contributed by atoms with Gasteiger partial charge in [0.05, 0.1) is 17.7 Å². The van der Waals surface area contributed by atoms with Gasteiger partial charge in [0.25, 0.3) is 10.0 Å². The fourth-order valence-electron chi connectivity index (χ4n) is 3.72. The summed E-state index contributed by atoms with van der Waals surface area (Å²) in [4.78, 5) is 12.4. The number of nitrogens with zero attached hydrogens (tertiary/aromatic N) is 1. The van der Waals surface area contributed by atoms with Crippen LogP contribution in [-0.2, 0) is 27.7 Å². The Bertz CT molecular complexity index is 1150. The molecule has 0 unspecified atom stereocenters. The summed E-state index contributed by atoms with van der Waals surface area (Å²) in [5.41, 5.74) is 2.15. The van der Waals surface area contributed by atoms with Crippen molar-refractivity contribution in [3.05, 3.63) is 53.8 Å². The van der Waals surface area contributed by atoms with Gasteiger partial charge < -0.3 is 9.15 Å². The van der Waals surface area contributed by atoms with E-state index in [-0.39, 0.29) is 4.90 Å². The minimum Gasteiger partial charge on any atom is -0.497 e. The average Bonchev–Trinajstić information content (AvgIpc) is 3.06. The minimum atomic E-state index is -4.05. The van der Waals surface area contributed by atoms with Gasteiger partial charge in [-0.1, -0.05) is 0 Å². The quantitative estimate of drug-likeness (QED) is 0.661. The first-order valence-corrected chi connectivity index (χ1v) is 10.6. The van der Waals surface area contributed by atoms with Gasteiger partial charge in [0.15, 0.2) is 0 Å². The number of ether oxygens (including phenoxy) is 1. The normalized spacial score (nSPS) is 13.9. The second kappa shape index (κ2) is 6.98. The molecule has 6 nitrogen and oxygen atoms in total. The number of sulfonamides is 1. The van der Waals surface area contributed by atoms with E-state index in [1.165, 1.54) is 26.2 Å². The van der Waals surface area contributed by atoms with Crippen LogP contribution in [0, 0.1) is 0 Å². The van der Waals surface area contributed by atoms with Gasteiger partial charge in [-0.2, -0.15) is 0 Å². The van der Waals surface area contributed by atoms with E-state index in [4.69, 9.17) is 9.15 Å². The lowest BCUT2D eigenvalue weighted by atomic mass is 9.96. The van der Waals surface area contributed by atoms with Gasteiger partial charge in [-0.05, 0) is 61.7 Å².